The molecule has 0 bridgehead atoms. The van der Waals surface area contributed by atoms with E-state index in [2.05, 4.69) is 29.4 Å². The number of nitrogens with two attached hydrogens (primary N) is 1. The first-order chi connectivity index (χ1) is 9.12. The van der Waals surface area contributed by atoms with Crippen LogP contribution < -0.4 is 11.2 Å². The van der Waals surface area contributed by atoms with Crippen LogP contribution in [0, 0.1) is 5.92 Å². The van der Waals surface area contributed by atoms with Gasteiger partial charge in [-0.05, 0) is 12.8 Å². The highest BCUT2D eigenvalue weighted by molar-refractivity contribution is 8.00. The maximum Gasteiger partial charge on any atom is 0.233 e. The van der Waals surface area contributed by atoms with Gasteiger partial charge in [0.1, 0.15) is 0 Å². The molecule has 0 saturated heterocycles. The monoisotopic (exact) mass is 299 g/mol. The molecule has 0 aliphatic rings. The van der Waals surface area contributed by atoms with E-state index in [9.17, 15) is 4.79 Å². The number of amides is 1. The van der Waals surface area contributed by atoms with E-state index >= 15 is 0 Å². The van der Waals surface area contributed by atoms with E-state index in [1.165, 1.54) is 16.4 Å². The molecular formula is C13H25N5OS. The summed E-state index contributed by atoms with van der Waals surface area (Å²) in [6.07, 6.45) is 0. The van der Waals surface area contributed by atoms with E-state index in [0.29, 0.717) is 23.4 Å². The van der Waals surface area contributed by atoms with Crippen molar-refractivity contribution in [2.45, 2.75) is 57.4 Å². The van der Waals surface area contributed by atoms with E-state index in [4.69, 9.17) is 5.84 Å². The van der Waals surface area contributed by atoms with E-state index in [0.717, 1.165) is 0 Å². The summed E-state index contributed by atoms with van der Waals surface area (Å²) in [5.74, 6) is 7.12. The van der Waals surface area contributed by atoms with Gasteiger partial charge in [-0.25, -0.2) is 4.68 Å². The standard InChI is InChI=1S/C13H25N5OS/c1-8(2)7-15-10(19)9(3)20-12-17-16-11(18(12)14)13(4,5)6/h8-9H,7,14H2,1-6H3,(H,15,19). The molecule has 7 heteroatoms. The largest absolute Gasteiger partial charge is 0.355 e. The summed E-state index contributed by atoms with van der Waals surface area (Å²) in [5.41, 5.74) is -0.177. The van der Waals surface area contributed by atoms with Crippen LogP contribution in [0.1, 0.15) is 47.4 Å². The van der Waals surface area contributed by atoms with Crippen LogP contribution in [-0.2, 0) is 10.2 Å². The minimum atomic E-state index is -0.256. The fraction of sp³-hybridized carbons (Fsp3) is 0.769. The summed E-state index contributed by atoms with van der Waals surface area (Å²) in [6, 6.07) is 0. The van der Waals surface area contributed by atoms with E-state index in [1.807, 2.05) is 27.7 Å². The van der Waals surface area contributed by atoms with Gasteiger partial charge in [0.05, 0.1) is 5.25 Å². The Morgan fingerprint density at radius 2 is 1.95 bits per heavy atom. The molecule has 0 fully saturated rings. The molecule has 1 amide bonds. The number of carbonyl (C=O) groups is 1. The molecule has 1 aromatic rings. The van der Waals surface area contributed by atoms with Gasteiger partial charge in [0.2, 0.25) is 11.1 Å². The molecule has 0 radical (unpaired) electrons. The van der Waals surface area contributed by atoms with E-state index in [1.54, 1.807) is 0 Å². The summed E-state index contributed by atoms with van der Waals surface area (Å²) in [7, 11) is 0. The van der Waals surface area contributed by atoms with Gasteiger partial charge in [0, 0.05) is 12.0 Å². The Kier molecular flexibility index (Phi) is 5.44. The second-order valence-corrected chi connectivity index (χ2v) is 7.63. The van der Waals surface area contributed by atoms with Crippen LogP contribution in [-0.4, -0.2) is 32.6 Å². The van der Waals surface area contributed by atoms with Crippen molar-refractivity contribution in [1.29, 1.82) is 0 Å². The van der Waals surface area contributed by atoms with Crippen molar-refractivity contribution in [3.05, 3.63) is 5.82 Å². The zero-order valence-corrected chi connectivity index (χ0v) is 13.9. The van der Waals surface area contributed by atoms with E-state index < -0.39 is 0 Å². The average molecular weight is 299 g/mol. The summed E-state index contributed by atoms with van der Waals surface area (Å²) < 4.78 is 1.47. The molecular weight excluding hydrogens is 274 g/mol. The highest BCUT2D eigenvalue weighted by Crippen LogP contribution is 2.25. The Labute approximate surface area is 124 Å². The SMILES string of the molecule is CC(C)CNC(=O)C(C)Sc1nnc(C(C)(C)C)n1N. The number of nitrogens with one attached hydrogen (secondary N) is 1. The van der Waals surface area contributed by atoms with Gasteiger partial charge >= 0.3 is 0 Å². The zero-order valence-electron chi connectivity index (χ0n) is 13.1. The predicted molar refractivity (Wildman–Crippen MR) is 82.0 cm³/mol. The number of nitrogen functional groups attached to an aromatic ring is 1. The van der Waals surface area contributed by atoms with Gasteiger partial charge in [-0.1, -0.05) is 46.4 Å². The summed E-state index contributed by atoms with van der Waals surface area (Å²) in [5, 5.41) is 11.4. The van der Waals surface area contributed by atoms with Crippen molar-refractivity contribution in [1.82, 2.24) is 20.2 Å². The van der Waals surface area contributed by atoms with Crippen LogP contribution in [0.5, 0.6) is 0 Å². The topological polar surface area (TPSA) is 85.8 Å². The first kappa shape index (κ1) is 16.8. The molecule has 0 saturated carbocycles. The number of nitrogens with zero attached hydrogens (tertiary/aromatic N) is 3. The molecule has 1 heterocycles. The minimum Gasteiger partial charge on any atom is -0.355 e. The first-order valence-corrected chi connectivity index (χ1v) is 7.66. The summed E-state index contributed by atoms with van der Waals surface area (Å²) in [6.45, 7) is 12.7. The average Bonchev–Trinajstić information content (AvgIpc) is 2.67. The molecule has 1 rings (SSSR count). The lowest BCUT2D eigenvalue weighted by Gasteiger charge is -2.17. The molecule has 1 atom stereocenters. The summed E-state index contributed by atoms with van der Waals surface area (Å²) >= 11 is 1.32. The third-order valence-corrected chi connectivity index (χ3v) is 3.73. The van der Waals surface area contributed by atoms with Gasteiger partial charge in [-0.2, -0.15) is 0 Å². The second kappa shape index (κ2) is 6.47. The Morgan fingerprint density at radius 3 is 2.40 bits per heavy atom. The molecule has 114 valence electrons. The molecule has 1 unspecified atom stereocenters. The van der Waals surface area contributed by atoms with Gasteiger partial charge in [0.15, 0.2) is 5.82 Å². The van der Waals surface area contributed by atoms with E-state index in [-0.39, 0.29) is 16.6 Å². The van der Waals surface area contributed by atoms with Crippen molar-refractivity contribution in [2.75, 3.05) is 12.4 Å². The Bertz CT molecular complexity index is 464. The molecule has 3 N–H and O–H groups in total. The quantitative estimate of drug-likeness (QED) is 0.636. The smallest absolute Gasteiger partial charge is 0.233 e. The van der Waals surface area contributed by atoms with Crippen molar-refractivity contribution in [2.24, 2.45) is 5.92 Å². The number of thioether (sulfide) groups is 1. The third kappa shape index (κ3) is 4.40. The van der Waals surface area contributed by atoms with Crippen LogP contribution in [0.2, 0.25) is 0 Å². The normalized spacial score (nSPS) is 13.6. The summed E-state index contributed by atoms with van der Waals surface area (Å²) in [4.78, 5) is 11.9. The number of hydrogen-bond acceptors (Lipinski definition) is 5. The number of aromatic nitrogens is 3. The van der Waals surface area contributed by atoms with Crippen molar-refractivity contribution >= 4 is 17.7 Å². The van der Waals surface area contributed by atoms with Crippen molar-refractivity contribution < 1.29 is 4.79 Å². The van der Waals surface area contributed by atoms with Crippen LogP contribution >= 0.6 is 11.8 Å². The number of carbonyl (C=O) groups excluding carboxylic acids is 1. The van der Waals surface area contributed by atoms with Gasteiger partial charge in [0.25, 0.3) is 0 Å². The van der Waals surface area contributed by atoms with Crippen molar-refractivity contribution in [3.63, 3.8) is 0 Å². The molecule has 0 aromatic carbocycles. The van der Waals surface area contributed by atoms with Crippen LogP contribution in [0.4, 0.5) is 0 Å². The van der Waals surface area contributed by atoms with Gasteiger partial charge < -0.3 is 11.2 Å². The molecule has 0 spiro atoms. The Hall–Kier alpha value is -1.24. The predicted octanol–water partition coefficient (Wildman–Crippen LogP) is 1.54. The van der Waals surface area contributed by atoms with Crippen LogP contribution in [0.3, 0.4) is 0 Å². The lowest BCUT2D eigenvalue weighted by atomic mass is 9.96. The third-order valence-electron chi connectivity index (χ3n) is 2.67. The highest BCUT2D eigenvalue weighted by atomic mass is 32.2. The van der Waals surface area contributed by atoms with Crippen LogP contribution in [0.25, 0.3) is 0 Å². The Balaban J connectivity index is 2.69. The highest BCUT2D eigenvalue weighted by Gasteiger charge is 2.25. The Morgan fingerprint density at radius 1 is 1.35 bits per heavy atom. The first-order valence-electron chi connectivity index (χ1n) is 6.78. The zero-order chi connectivity index (χ0) is 15.5. The molecule has 20 heavy (non-hydrogen) atoms. The fourth-order valence-corrected chi connectivity index (χ4v) is 2.32. The second-order valence-electron chi connectivity index (χ2n) is 6.33. The lowest BCUT2D eigenvalue weighted by molar-refractivity contribution is -0.120. The molecule has 1 aromatic heterocycles. The van der Waals surface area contributed by atoms with Gasteiger partial charge in [-0.3, -0.25) is 4.79 Å². The fourth-order valence-electron chi connectivity index (χ4n) is 1.53. The number of hydrogen-bond donors (Lipinski definition) is 2. The molecule has 0 aliphatic carbocycles. The van der Waals surface area contributed by atoms with Crippen LogP contribution in [0.15, 0.2) is 5.16 Å². The maximum atomic E-state index is 11.9. The minimum absolute atomic E-state index is 0.0102. The molecule has 0 aliphatic heterocycles. The maximum absolute atomic E-state index is 11.9. The lowest BCUT2D eigenvalue weighted by Crippen LogP contribution is -2.34. The van der Waals surface area contributed by atoms with Crippen molar-refractivity contribution in [3.8, 4) is 0 Å². The van der Waals surface area contributed by atoms with Gasteiger partial charge in [-0.15, -0.1) is 10.2 Å². The molecule has 6 nitrogen and oxygen atoms in total. The number of rotatable bonds is 5.